The largest absolute Gasteiger partial charge is 0.465 e. The molecule has 0 fully saturated rings. The predicted molar refractivity (Wildman–Crippen MR) is 283 cm³/mol. The molecular formula is C60H103FN2O3. The van der Waals surface area contributed by atoms with E-state index >= 15 is 0 Å². The summed E-state index contributed by atoms with van der Waals surface area (Å²) in [4.78, 5) is 31.4. The second kappa shape index (κ2) is 41.3. The first kappa shape index (κ1) is 59.4. The highest BCUT2D eigenvalue weighted by atomic mass is 19.1. The lowest BCUT2D eigenvalue weighted by molar-refractivity contribution is -0.145. The van der Waals surface area contributed by atoms with Crippen LogP contribution in [-0.4, -0.2) is 61.5 Å². The van der Waals surface area contributed by atoms with Crippen LogP contribution in [0.2, 0.25) is 0 Å². The standard InChI is InChI=1S/C60H103FN2O3/c1-6-8-10-12-14-16-18-20-22-24-26-30-37-44-56(45-38-31-27-25-23-21-19-17-15-13-11-9-7-2)63(59(64)46-41-49-62(4)5)50-39-32-28-29-33-40-51-66-60(65)53(3)55-47-48-57(58(61)52-55)54-42-35-34-36-43-54/h34-36,42-43,47-48,52-53,56H,6-33,37-41,44-46,49-51H2,1-5H3. The molecule has 0 aromatic heterocycles. The van der Waals surface area contributed by atoms with Crippen LogP contribution in [0.5, 0.6) is 0 Å². The van der Waals surface area contributed by atoms with Crippen molar-refractivity contribution in [2.75, 3.05) is 33.8 Å². The Hall–Kier alpha value is -2.73. The topological polar surface area (TPSA) is 49.9 Å². The van der Waals surface area contributed by atoms with Crippen molar-refractivity contribution in [2.45, 2.75) is 264 Å². The van der Waals surface area contributed by atoms with Gasteiger partial charge in [0, 0.05) is 24.6 Å². The normalized spacial score (nSPS) is 12.1. The zero-order chi connectivity index (χ0) is 47.7. The van der Waals surface area contributed by atoms with Gasteiger partial charge in [0.05, 0.1) is 12.5 Å². The second-order valence-corrected chi connectivity index (χ2v) is 20.3. The molecule has 1 amide bonds. The summed E-state index contributed by atoms with van der Waals surface area (Å²) in [6, 6.07) is 14.9. The highest BCUT2D eigenvalue weighted by Crippen LogP contribution is 2.27. The first-order valence-electron chi connectivity index (χ1n) is 28.2. The van der Waals surface area contributed by atoms with Crippen molar-refractivity contribution in [1.82, 2.24) is 9.80 Å². The molecule has 0 aliphatic heterocycles. The molecule has 0 N–H and O–H groups in total. The molecule has 6 heteroatoms. The van der Waals surface area contributed by atoms with Gasteiger partial charge < -0.3 is 14.5 Å². The van der Waals surface area contributed by atoms with E-state index in [1.54, 1.807) is 13.0 Å². The number of unbranched alkanes of at least 4 members (excludes halogenated alkanes) is 29. The van der Waals surface area contributed by atoms with Crippen LogP contribution >= 0.6 is 0 Å². The Labute approximate surface area is 407 Å². The fourth-order valence-corrected chi connectivity index (χ4v) is 9.63. The molecule has 378 valence electrons. The minimum atomic E-state index is -0.518. The van der Waals surface area contributed by atoms with Crippen LogP contribution in [0.3, 0.4) is 0 Å². The lowest BCUT2D eigenvalue weighted by atomic mass is 9.97. The third kappa shape index (κ3) is 29.9. The van der Waals surface area contributed by atoms with Crippen LogP contribution in [0.25, 0.3) is 11.1 Å². The number of rotatable bonds is 45. The van der Waals surface area contributed by atoms with Gasteiger partial charge in [-0.05, 0) is 76.9 Å². The Bertz CT molecular complexity index is 1400. The van der Waals surface area contributed by atoms with E-state index in [2.05, 4.69) is 37.7 Å². The van der Waals surface area contributed by atoms with Gasteiger partial charge >= 0.3 is 5.97 Å². The van der Waals surface area contributed by atoms with Crippen LogP contribution in [0.1, 0.15) is 263 Å². The van der Waals surface area contributed by atoms with Crippen LogP contribution in [0, 0.1) is 5.82 Å². The van der Waals surface area contributed by atoms with Crippen molar-refractivity contribution in [3.05, 3.63) is 59.9 Å². The Morgan fingerprint density at radius 1 is 0.530 bits per heavy atom. The summed E-state index contributed by atoms with van der Waals surface area (Å²) in [6.07, 6.45) is 45.7. The first-order chi connectivity index (χ1) is 32.3. The summed E-state index contributed by atoms with van der Waals surface area (Å²) in [5, 5.41) is 0. The molecule has 0 aliphatic rings. The molecule has 5 nitrogen and oxygen atoms in total. The maximum Gasteiger partial charge on any atom is 0.313 e. The average Bonchev–Trinajstić information content (AvgIpc) is 3.31. The number of hydrogen-bond donors (Lipinski definition) is 0. The first-order valence-corrected chi connectivity index (χ1v) is 28.2. The molecule has 66 heavy (non-hydrogen) atoms. The third-order valence-corrected chi connectivity index (χ3v) is 14.0. The molecule has 0 heterocycles. The minimum absolute atomic E-state index is 0.302. The summed E-state index contributed by atoms with van der Waals surface area (Å²) in [6.45, 7) is 8.61. The highest BCUT2D eigenvalue weighted by Gasteiger charge is 2.23. The average molecular weight is 919 g/mol. The lowest BCUT2D eigenvalue weighted by Crippen LogP contribution is -2.41. The van der Waals surface area contributed by atoms with Gasteiger partial charge in [0.15, 0.2) is 0 Å². The summed E-state index contributed by atoms with van der Waals surface area (Å²) in [5.74, 6) is -0.771. The maximum absolute atomic E-state index is 15.0. The molecule has 2 rings (SSSR count). The van der Waals surface area contributed by atoms with Crippen molar-refractivity contribution >= 4 is 11.9 Å². The SMILES string of the molecule is CCCCCCCCCCCCCCCC(CCCCCCCCCCCCCCC)N(CCCCCCCCOC(=O)C(C)c1ccc(-c2ccccc2)c(F)c1)C(=O)CCCN(C)C. The van der Waals surface area contributed by atoms with Crippen LogP contribution in [-0.2, 0) is 14.3 Å². The molecule has 0 saturated heterocycles. The maximum atomic E-state index is 15.0. The number of benzene rings is 2. The molecule has 0 spiro atoms. The third-order valence-electron chi connectivity index (χ3n) is 14.0. The predicted octanol–water partition coefficient (Wildman–Crippen LogP) is 18.0. The number of nitrogens with zero attached hydrogens (tertiary/aromatic N) is 2. The van der Waals surface area contributed by atoms with Crippen molar-refractivity contribution in [3.8, 4) is 11.1 Å². The Kier molecular flexibility index (Phi) is 37.1. The Morgan fingerprint density at radius 2 is 0.970 bits per heavy atom. The summed E-state index contributed by atoms with van der Waals surface area (Å²) < 4.78 is 20.6. The minimum Gasteiger partial charge on any atom is -0.465 e. The molecule has 0 aliphatic carbocycles. The number of hydrogen-bond acceptors (Lipinski definition) is 4. The monoisotopic (exact) mass is 919 g/mol. The van der Waals surface area contributed by atoms with E-state index in [1.807, 2.05) is 36.4 Å². The molecule has 1 unspecified atom stereocenters. The van der Waals surface area contributed by atoms with E-state index in [4.69, 9.17) is 4.74 Å². The fourth-order valence-electron chi connectivity index (χ4n) is 9.63. The van der Waals surface area contributed by atoms with Crippen molar-refractivity contribution in [1.29, 1.82) is 0 Å². The molecule has 0 bridgehead atoms. The van der Waals surface area contributed by atoms with E-state index in [9.17, 15) is 14.0 Å². The van der Waals surface area contributed by atoms with E-state index < -0.39 is 5.92 Å². The number of amides is 1. The summed E-state index contributed by atoms with van der Waals surface area (Å²) in [7, 11) is 4.21. The smallest absolute Gasteiger partial charge is 0.313 e. The quantitative estimate of drug-likeness (QED) is 0.0491. The molecule has 2 aromatic carbocycles. The highest BCUT2D eigenvalue weighted by molar-refractivity contribution is 5.78. The van der Waals surface area contributed by atoms with Gasteiger partial charge in [-0.2, -0.15) is 0 Å². The number of esters is 1. The van der Waals surface area contributed by atoms with E-state index in [0.29, 0.717) is 36.1 Å². The van der Waals surface area contributed by atoms with Crippen molar-refractivity contribution in [2.24, 2.45) is 0 Å². The van der Waals surface area contributed by atoms with Gasteiger partial charge in [-0.1, -0.05) is 249 Å². The van der Waals surface area contributed by atoms with E-state index in [1.165, 1.54) is 173 Å². The molecule has 0 saturated carbocycles. The van der Waals surface area contributed by atoms with Gasteiger partial charge in [-0.15, -0.1) is 0 Å². The number of halogens is 1. The van der Waals surface area contributed by atoms with Crippen LogP contribution in [0.4, 0.5) is 4.39 Å². The van der Waals surface area contributed by atoms with Crippen molar-refractivity contribution < 1.29 is 18.7 Å². The summed E-state index contributed by atoms with van der Waals surface area (Å²) >= 11 is 0. The number of ether oxygens (including phenoxy) is 1. The van der Waals surface area contributed by atoms with Crippen LogP contribution < -0.4 is 0 Å². The van der Waals surface area contributed by atoms with Gasteiger partial charge in [-0.3, -0.25) is 9.59 Å². The summed E-state index contributed by atoms with van der Waals surface area (Å²) in [5.41, 5.74) is 2.00. The van der Waals surface area contributed by atoms with Gasteiger partial charge in [0.2, 0.25) is 5.91 Å². The zero-order valence-corrected chi connectivity index (χ0v) is 43.8. The van der Waals surface area contributed by atoms with Gasteiger partial charge in [0.1, 0.15) is 5.82 Å². The van der Waals surface area contributed by atoms with Crippen molar-refractivity contribution in [3.63, 3.8) is 0 Å². The van der Waals surface area contributed by atoms with Gasteiger partial charge in [-0.25, -0.2) is 4.39 Å². The number of carbonyl (C=O) groups excluding carboxylic acids is 2. The zero-order valence-electron chi connectivity index (χ0n) is 43.8. The van der Waals surface area contributed by atoms with Gasteiger partial charge in [0.25, 0.3) is 0 Å². The lowest BCUT2D eigenvalue weighted by Gasteiger charge is -2.33. The Balaban J connectivity index is 1.81. The van der Waals surface area contributed by atoms with E-state index in [-0.39, 0.29) is 11.8 Å². The molecule has 0 radical (unpaired) electrons. The molecular weight excluding hydrogens is 816 g/mol. The van der Waals surface area contributed by atoms with Crippen LogP contribution in [0.15, 0.2) is 48.5 Å². The molecule has 1 atom stereocenters. The van der Waals surface area contributed by atoms with E-state index in [0.717, 1.165) is 76.4 Å². The fraction of sp³-hybridized carbons (Fsp3) is 0.767. The number of carbonyl (C=O) groups is 2. The second-order valence-electron chi connectivity index (χ2n) is 20.3. The molecule has 2 aromatic rings. The Morgan fingerprint density at radius 3 is 1.42 bits per heavy atom.